The van der Waals surface area contributed by atoms with E-state index in [1.165, 1.54) is 6.33 Å². The van der Waals surface area contributed by atoms with Gasteiger partial charge in [-0.1, -0.05) is 25.1 Å². The number of nitrogens with two attached hydrogens (primary N) is 1. The van der Waals surface area contributed by atoms with E-state index in [0.717, 1.165) is 17.0 Å². The van der Waals surface area contributed by atoms with Gasteiger partial charge in [-0.25, -0.2) is 15.0 Å². The Kier molecular flexibility index (Phi) is 5.62. The maximum absolute atomic E-state index is 9.49. The zero-order valence-corrected chi connectivity index (χ0v) is 17.3. The second kappa shape index (κ2) is 8.67. The fourth-order valence-corrected chi connectivity index (χ4v) is 3.38. The summed E-state index contributed by atoms with van der Waals surface area (Å²) in [6, 6.07) is 15.4. The number of nitrogen functional groups attached to an aromatic ring is 1. The lowest BCUT2D eigenvalue weighted by molar-refractivity contribution is 0.328. The van der Waals surface area contributed by atoms with Crippen molar-refractivity contribution in [2.75, 3.05) is 17.7 Å². The molecule has 1 aromatic carbocycles. The van der Waals surface area contributed by atoms with E-state index in [2.05, 4.69) is 26.3 Å². The maximum Gasteiger partial charge on any atom is 0.215 e. The zero-order valence-electron chi connectivity index (χ0n) is 17.3. The highest BCUT2D eigenvalue weighted by Gasteiger charge is 2.23. The summed E-state index contributed by atoms with van der Waals surface area (Å²) >= 11 is 0. The predicted octanol–water partition coefficient (Wildman–Crippen LogP) is 3.63. The van der Waals surface area contributed by atoms with Crippen molar-refractivity contribution in [3.05, 3.63) is 60.2 Å². The SMILES string of the molecule is CCOc1ccc2nc([C@H](CC)Nc3ncnc(N)c3C#N)n(-c3ccccc3)c2n1. The molecule has 3 N–H and O–H groups in total. The Labute approximate surface area is 179 Å². The van der Waals surface area contributed by atoms with Gasteiger partial charge in [0.15, 0.2) is 5.65 Å². The fraction of sp³-hybridized carbons (Fsp3) is 0.227. The highest BCUT2D eigenvalue weighted by molar-refractivity contribution is 5.75. The number of imidazole rings is 1. The number of ether oxygens (including phenoxy) is 1. The van der Waals surface area contributed by atoms with E-state index in [9.17, 15) is 5.26 Å². The topological polar surface area (TPSA) is 128 Å². The van der Waals surface area contributed by atoms with Gasteiger partial charge < -0.3 is 15.8 Å². The molecule has 0 aliphatic carbocycles. The first-order valence-electron chi connectivity index (χ1n) is 10.0. The summed E-state index contributed by atoms with van der Waals surface area (Å²) in [5.74, 6) is 1.78. The molecule has 0 bridgehead atoms. The zero-order chi connectivity index (χ0) is 21.8. The van der Waals surface area contributed by atoms with E-state index in [4.69, 9.17) is 15.5 Å². The van der Waals surface area contributed by atoms with Crippen molar-refractivity contribution in [1.29, 1.82) is 5.26 Å². The van der Waals surface area contributed by atoms with Crippen LogP contribution in [0, 0.1) is 11.3 Å². The Morgan fingerprint density at radius 3 is 2.65 bits per heavy atom. The summed E-state index contributed by atoms with van der Waals surface area (Å²) < 4.78 is 7.60. The van der Waals surface area contributed by atoms with Gasteiger partial charge in [0.05, 0.1) is 12.6 Å². The molecule has 4 aromatic rings. The Balaban J connectivity index is 1.87. The lowest BCUT2D eigenvalue weighted by Crippen LogP contribution is -2.17. The number of para-hydroxylation sites is 1. The van der Waals surface area contributed by atoms with Crippen LogP contribution in [0.15, 0.2) is 48.8 Å². The summed E-state index contributed by atoms with van der Waals surface area (Å²) in [4.78, 5) is 17.7. The third kappa shape index (κ3) is 3.83. The van der Waals surface area contributed by atoms with Crippen molar-refractivity contribution in [1.82, 2.24) is 24.5 Å². The van der Waals surface area contributed by atoms with Crippen LogP contribution in [0.3, 0.4) is 0 Å². The van der Waals surface area contributed by atoms with Crippen LogP contribution in [0.2, 0.25) is 0 Å². The lowest BCUT2D eigenvalue weighted by atomic mass is 10.2. The summed E-state index contributed by atoms with van der Waals surface area (Å²) in [5.41, 5.74) is 8.42. The average molecular weight is 414 g/mol. The van der Waals surface area contributed by atoms with Gasteiger partial charge in [0.25, 0.3) is 0 Å². The summed E-state index contributed by atoms with van der Waals surface area (Å²) in [5, 5.41) is 12.8. The first-order valence-corrected chi connectivity index (χ1v) is 10.0. The molecule has 0 fully saturated rings. The Morgan fingerprint density at radius 2 is 1.94 bits per heavy atom. The van der Waals surface area contributed by atoms with Crippen molar-refractivity contribution in [3.63, 3.8) is 0 Å². The number of nitrogens with one attached hydrogen (secondary N) is 1. The van der Waals surface area contributed by atoms with Gasteiger partial charge in [0.2, 0.25) is 5.88 Å². The van der Waals surface area contributed by atoms with Gasteiger partial charge in [-0.15, -0.1) is 0 Å². The van der Waals surface area contributed by atoms with Gasteiger partial charge in [-0.3, -0.25) is 4.57 Å². The normalized spacial score (nSPS) is 11.8. The van der Waals surface area contributed by atoms with Crippen LogP contribution in [0.25, 0.3) is 16.9 Å². The van der Waals surface area contributed by atoms with E-state index in [-0.39, 0.29) is 17.4 Å². The summed E-state index contributed by atoms with van der Waals surface area (Å²) in [6.45, 7) is 4.47. The third-order valence-corrected chi connectivity index (χ3v) is 4.83. The largest absolute Gasteiger partial charge is 0.478 e. The molecule has 1 atom stereocenters. The van der Waals surface area contributed by atoms with Crippen molar-refractivity contribution < 1.29 is 4.74 Å². The number of hydrogen-bond donors (Lipinski definition) is 2. The minimum absolute atomic E-state index is 0.134. The molecule has 0 saturated carbocycles. The Hall–Kier alpha value is -4.19. The van der Waals surface area contributed by atoms with Crippen LogP contribution in [-0.4, -0.2) is 31.1 Å². The molecule has 31 heavy (non-hydrogen) atoms. The molecule has 4 rings (SSSR count). The number of pyridine rings is 1. The van der Waals surface area contributed by atoms with Crippen LogP contribution in [0.5, 0.6) is 5.88 Å². The standard InChI is InChI=1S/C22H22N8O/c1-3-16(27-20-15(12-23)19(24)25-13-26-20)21-28-17-10-11-18(31-4-2)29-22(17)30(21)14-8-6-5-7-9-14/h5-11,13,16H,3-4H2,1-2H3,(H3,24,25,26,27)/t16-/m0/s1. The van der Waals surface area contributed by atoms with E-state index < -0.39 is 0 Å². The molecular formula is C22H22N8O. The highest BCUT2D eigenvalue weighted by atomic mass is 16.5. The van der Waals surface area contributed by atoms with Gasteiger partial charge in [0, 0.05) is 11.8 Å². The molecule has 3 aromatic heterocycles. The van der Waals surface area contributed by atoms with Crippen LogP contribution in [0.1, 0.15) is 37.7 Å². The number of hydrogen-bond acceptors (Lipinski definition) is 8. The fourth-order valence-electron chi connectivity index (χ4n) is 3.38. The number of fused-ring (bicyclic) bond motifs is 1. The molecular weight excluding hydrogens is 392 g/mol. The predicted molar refractivity (Wildman–Crippen MR) is 118 cm³/mol. The molecule has 0 spiro atoms. The van der Waals surface area contributed by atoms with Crippen LogP contribution in [-0.2, 0) is 0 Å². The van der Waals surface area contributed by atoms with Gasteiger partial charge in [-0.2, -0.15) is 10.2 Å². The van der Waals surface area contributed by atoms with Gasteiger partial charge in [-0.05, 0) is 31.5 Å². The first kappa shape index (κ1) is 20.1. The monoisotopic (exact) mass is 414 g/mol. The van der Waals surface area contributed by atoms with E-state index in [1.807, 2.05) is 60.9 Å². The highest BCUT2D eigenvalue weighted by Crippen LogP contribution is 2.30. The third-order valence-electron chi connectivity index (χ3n) is 4.83. The first-order chi connectivity index (χ1) is 15.2. The van der Waals surface area contributed by atoms with Crippen molar-refractivity contribution >= 4 is 22.8 Å². The number of rotatable bonds is 7. The minimum atomic E-state index is -0.258. The summed E-state index contributed by atoms with van der Waals surface area (Å²) in [7, 11) is 0. The molecule has 9 heteroatoms. The molecule has 0 amide bonds. The molecule has 156 valence electrons. The van der Waals surface area contributed by atoms with E-state index >= 15 is 0 Å². The molecule has 0 aliphatic rings. The van der Waals surface area contributed by atoms with Crippen LogP contribution < -0.4 is 15.8 Å². The molecule has 0 radical (unpaired) electrons. The van der Waals surface area contributed by atoms with Crippen LogP contribution >= 0.6 is 0 Å². The van der Waals surface area contributed by atoms with E-state index in [0.29, 0.717) is 30.4 Å². The molecule has 0 saturated heterocycles. The van der Waals surface area contributed by atoms with Gasteiger partial charge >= 0.3 is 0 Å². The van der Waals surface area contributed by atoms with Crippen molar-refractivity contribution in [3.8, 4) is 17.6 Å². The molecule has 0 aliphatic heterocycles. The average Bonchev–Trinajstić information content (AvgIpc) is 3.17. The quantitative estimate of drug-likeness (QED) is 0.469. The molecule has 3 heterocycles. The lowest BCUT2D eigenvalue weighted by Gasteiger charge is -2.19. The van der Waals surface area contributed by atoms with Gasteiger partial charge in [0.1, 0.15) is 40.9 Å². The molecule has 9 nitrogen and oxygen atoms in total. The number of benzene rings is 1. The van der Waals surface area contributed by atoms with Crippen LogP contribution in [0.4, 0.5) is 11.6 Å². The maximum atomic E-state index is 9.49. The van der Waals surface area contributed by atoms with Crippen molar-refractivity contribution in [2.45, 2.75) is 26.3 Å². The second-order valence-electron chi connectivity index (χ2n) is 6.77. The smallest absolute Gasteiger partial charge is 0.215 e. The number of anilines is 2. The number of nitriles is 1. The molecule has 0 unspecified atom stereocenters. The Morgan fingerprint density at radius 1 is 1.13 bits per heavy atom. The Bertz CT molecular complexity index is 1250. The summed E-state index contributed by atoms with van der Waals surface area (Å²) in [6.07, 6.45) is 2.02. The number of nitrogens with zero attached hydrogens (tertiary/aromatic N) is 6. The van der Waals surface area contributed by atoms with E-state index in [1.54, 1.807) is 0 Å². The second-order valence-corrected chi connectivity index (χ2v) is 6.77. The van der Waals surface area contributed by atoms with Crippen molar-refractivity contribution in [2.24, 2.45) is 0 Å². The number of aromatic nitrogens is 5. The minimum Gasteiger partial charge on any atom is -0.478 e.